The fourth-order valence-corrected chi connectivity index (χ4v) is 2.62. The number of carbonyl (C=O) groups excluding carboxylic acids is 3. The molecular weight excluding hydrogens is 318 g/mol. The Morgan fingerprint density at radius 3 is 2.39 bits per heavy atom. The lowest BCUT2D eigenvalue weighted by Crippen LogP contribution is -2.29. The van der Waals surface area contributed by atoms with Gasteiger partial charge in [0.15, 0.2) is 0 Å². The second-order valence-electron chi connectivity index (χ2n) is 5.13. The van der Waals surface area contributed by atoms with E-state index in [2.05, 4.69) is 4.74 Å². The van der Waals surface area contributed by atoms with E-state index in [1.807, 2.05) is 6.92 Å². The molecule has 2 aromatic carbocycles. The second kappa shape index (κ2) is 5.52. The molecule has 0 aromatic heterocycles. The second-order valence-corrected chi connectivity index (χ2v) is 5.54. The summed E-state index contributed by atoms with van der Waals surface area (Å²) >= 11 is 6.07. The molecule has 116 valence electrons. The Balaban J connectivity index is 2.06. The Morgan fingerprint density at radius 1 is 1.04 bits per heavy atom. The van der Waals surface area contributed by atoms with Gasteiger partial charge in [-0.25, -0.2) is 9.69 Å². The first kappa shape index (κ1) is 15.2. The third-order valence-corrected chi connectivity index (χ3v) is 4.13. The van der Waals surface area contributed by atoms with Crippen LogP contribution in [0.4, 0.5) is 5.69 Å². The van der Waals surface area contributed by atoms with Crippen LogP contribution < -0.4 is 4.90 Å². The number of amides is 2. The lowest BCUT2D eigenvalue weighted by atomic mass is 10.1. The van der Waals surface area contributed by atoms with Crippen molar-refractivity contribution in [3.8, 4) is 0 Å². The van der Waals surface area contributed by atoms with Crippen LogP contribution in [-0.2, 0) is 4.74 Å². The van der Waals surface area contributed by atoms with Gasteiger partial charge in [0.1, 0.15) is 0 Å². The summed E-state index contributed by atoms with van der Waals surface area (Å²) in [7, 11) is 1.25. The third-order valence-electron chi connectivity index (χ3n) is 3.72. The van der Waals surface area contributed by atoms with Gasteiger partial charge >= 0.3 is 5.97 Å². The smallest absolute Gasteiger partial charge is 0.337 e. The van der Waals surface area contributed by atoms with E-state index >= 15 is 0 Å². The summed E-state index contributed by atoms with van der Waals surface area (Å²) in [6.07, 6.45) is 0. The quantitative estimate of drug-likeness (QED) is 0.627. The first-order chi connectivity index (χ1) is 10.9. The molecule has 0 saturated heterocycles. The van der Waals surface area contributed by atoms with Crippen molar-refractivity contribution >= 4 is 35.1 Å². The van der Waals surface area contributed by atoms with Gasteiger partial charge in [-0.05, 0) is 42.8 Å². The average Bonchev–Trinajstić information content (AvgIpc) is 2.80. The fraction of sp³-hybridized carbons (Fsp3) is 0.118. The molecule has 0 saturated carbocycles. The highest BCUT2D eigenvalue weighted by Gasteiger charge is 2.37. The molecule has 0 bridgehead atoms. The predicted molar refractivity (Wildman–Crippen MR) is 85.1 cm³/mol. The average molecular weight is 330 g/mol. The van der Waals surface area contributed by atoms with Gasteiger partial charge in [0.2, 0.25) is 0 Å². The number of hydrogen-bond donors (Lipinski definition) is 0. The number of aryl methyl sites for hydroxylation is 1. The van der Waals surface area contributed by atoms with E-state index in [-0.39, 0.29) is 16.7 Å². The summed E-state index contributed by atoms with van der Waals surface area (Å²) in [6.45, 7) is 1.83. The highest BCUT2D eigenvalue weighted by molar-refractivity contribution is 6.36. The van der Waals surface area contributed by atoms with Crippen molar-refractivity contribution in [3.63, 3.8) is 0 Å². The van der Waals surface area contributed by atoms with Crippen molar-refractivity contribution in [2.24, 2.45) is 0 Å². The zero-order valence-corrected chi connectivity index (χ0v) is 13.2. The standard InChI is InChI=1S/C17H12ClNO4/c1-9-3-5-11(8-14(9)18)19-15(20)12-6-4-10(17(22)23-2)7-13(12)16(19)21/h3-8H,1-2H3. The fourth-order valence-electron chi connectivity index (χ4n) is 2.44. The minimum absolute atomic E-state index is 0.176. The van der Waals surface area contributed by atoms with Crippen molar-refractivity contribution < 1.29 is 19.1 Å². The van der Waals surface area contributed by atoms with Crippen LogP contribution in [0.2, 0.25) is 5.02 Å². The Labute approximate surface area is 137 Å². The van der Waals surface area contributed by atoms with E-state index < -0.39 is 17.8 Å². The lowest BCUT2D eigenvalue weighted by molar-refractivity contribution is 0.0600. The molecule has 1 aliphatic heterocycles. The van der Waals surface area contributed by atoms with Gasteiger partial charge in [0.25, 0.3) is 11.8 Å². The zero-order chi connectivity index (χ0) is 16.7. The van der Waals surface area contributed by atoms with Crippen molar-refractivity contribution in [2.75, 3.05) is 12.0 Å². The van der Waals surface area contributed by atoms with E-state index in [0.29, 0.717) is 10.7 Å². The van der Waals surface area contributed by atoms with Crippen LogP contribution in [0.25, 0.3) is 0 Å². The maximum Gasteiger partial charge on any atom is 0.337 e. The molecule has 6 heteroatoms. The van der Waals surface area contributed by atoms with E-state index in [1.165, 1.54) is 25.3 Å². The number of esters is 1. The number of benzene rings is 2. The first-order valence-electron chi connectivity index (χ1n) is 6.81. The Bertz CT molecular complexity index is 860. The Kier molecular flexibility index (Phi) is 3.66. The zero-order valence-electron chi connectivity index (χ0n) is 12.4. The molecule has 0 N–H and O–H groups in total. The molecule has 0 aliphatic carbocycles. The Morgan fingerprint density at radius 2 is 1.74 bits per heavy atom. The number of methoxy groups -OCH3 is 1. The molecule has 3 rings (SSSR count). The van der Waals surface area contributed by atoms with Crippen LogP contribution in [0.15, 0.2) is 36.4 Å². The number of nitrogens with zero attached hydrogens (tertiary/aromatic N) is 1. The number of carbonyl (C=O) groups is 3. The predicted octanol–water partition coefficient (Wildman–Crippen LogP) is 3.24. The van der Waals surface area contributed by atoms with Crippen LogP contribution >= 0.6 is 11.6 Å². The molecule has 2 amide bonds. The van der Waals surface area contributed by atoms with Gasteiger partial charge in [0, 0.05) is 5.02 Å². The van der Waals surface area contributed by atoms with Crippen LogP contribution in [0.5, 0.6) is 0 Å². The van der Waals surface area contributed by atoms with Gasteiger partial charge < -0.3 is 4.74 Å². The third kappa shape index (κ3) is 2.39. The summed E-state index contributed by atoms with van der Waals surface area (Å²) in [6, 6.07) is 9.25. The number of fused-ring (bicyclic) bond motifs is 1. The normalized spacial score (nSPS) is 13.3. The van der Waals surface area contributed by atoms with Gasteiger partial charge in [0.05, 0.1) is 29.5 Å². The summed E-state index contributed by atoms with van der Waals surface area (Å²) in [4.78, 5) is 37.7. The lowest BCUT2D eigenvalue weighted by Gasteiger charge is -2.14. The number of imide groups is 1. The molecule has 0 atom stereocenters. The van der Waals surface area contributed by atoms with E-state index in [1.54, 1.807) is 18.2 Å². The molecule has 0 unspecified atom stereocenters. The number of anilines is 1. The summed E-state index contributed by atoms with van der Waals surface area (Å²) < 4.78 is 4.63. The molecule has 2 aromatic rings. The van der Waals surface area contributed by atoms with Crippen LogP contribution in [0.1, 0.15) is 36.6 Å². The molecule has 0 spiro atoms. The molecule has 0 fully saturated rings. The monoisotopic (exact) mass is 329 g/mol. The molecule has 1 heterocycles. The minimum Gasteiger partial charge on any atom is -0.465 e. The van der Waals surface area contributed by atoms with Gasteiger partial charge in [-0.2, -0.15) is 0 Å². The maximum absolute atomic E-state index is 12.6. The summed E-state index contributed by atoms with van der Waals surface area (Å²) in [5.41, 5.74) is 1.89. The van der Waals surface area contributed by atoms with Crippen molar-refractivity contribution in [1.29, 1.82) is 0 Å². The summed E-state index contributed by atoms with van der Waals surface area (Å²) in [5, 5.41) is 0.467. The number of hydrogen-bond acceptors (Lipinski definition) is 4. The minimum atomic E-state index is -0.565. The van der Waals surface area contributed by atoms with Crippen LogP contribution in [0, 0.1) is 6.92 Å². The molecular formula is C17H12ClNO4. The van der Waals surface area contributed by atoms with E-state index in [0.717, 1.165) is 10.5 Å². The highest BCUT2D eigenvalue weighted by Crippen LogP contribution is 2.31. The molecule has 23 heavy (non-hydrogen) atoms. The van der Waals surface area contributed by atoms with Crippen molar-refractivity contribution in [3.05, 3.63) is 63.7 Å². The summed E-state index contributed by atoms with van der Waals surface area (Å²) in [5.74, 6) is -1.50. The van der Waals surface area contributed by atoms with Crippen LogP contribution in [-0.4, -0.2) is 24.9 Å². The Hall–Kier alpha value is -2.66. The number of halogens is 1. The van der Waals surface area contributed by atoms with E-state index in [9.17, 15) is 14.4 Å². The molecule has 1 aliphatic rings. The number of ether oxygens (including phenoxy) is 1. The van der Waals surface area contributed by atoms with Gasteiger partial charge in [-0.1, -0.05) is 17.7 Å². The van der Waals surface area contributed by atoms with E-state index in [4.69, 9.17) is 11.6 Å². The van der Waals surface area contributed by atoms with Gasteiger partial charge in [-0.3, -0.25) is 9.59 Å². The largest absolute Gasteiger partial charge is 0.465 e. The molecule has 0 radical (unpaired) electrons. The van der Waals surface area contributed by atoms with Gasteiger partial charge in [-0.15, -0.1) is 0 Å². The maximum atomic E-state index is 12.6. The molecule has 5 nitrogen and oxygen atoms in total. The van der Waals surface area contributed by atoms with Crippen molar-refractivity contribution in [2.45, 2.75) is 6.92 Å². The van der Waals surface area contributed by atoms with Crippen LogP contribution in [0.3, 0.4) is 0 Å². The topological polar surface area (TPSA) is 63.7 Å². The van der Waals surface area contributed by atoms with Crippen molar-refractivity contribution in [1.82, 2.24) is 0 Å². The number of rotatable bonds is 2. The first-order valence-corrected chi connectivity index (χ1v) is 7.19. The highest BCUT2D eigenvalue weighted by atomic mass is 35.5. The SMILES string of the molecule is COC(=O)c1ccc2c(c1)C(=O)N(c1ccc(C)c(Cl)c1)C2=O.